The van der Waals surface area contributed by atoms with Crippen molar-refractivity contribution in [2.75, 3.05) is 19.6 Å². The summed E-state index contributed by atoms with van der Waals surface area (Å²) in [6, 6.07) is 18.0. The maximum atomic E-state index is 13.4. The van der Waals surface area contributed by atoms with Crippen LogP contribution in [0.15, 0.2) is 70.1 Å². The molecule has 5 aromatic rings. The Morgan fingerprint density at radius 1 is 0.875 bits per heavy atom. The van der Waals surface area contributed by atoms with Crippen LogP contribution in [0.1, 0.15) is 107 Å². The third kappa shape index (κ3) is 5.56. The molecule has 0 radical (unpaired) electrons. The smallest absolute Gasteiger partial charge is 0.281 e. The lowest BCUT2D eigenvalue weighted by Gasteiger charge is -2.34. The quantitative estimate of drug-likeness (QED) is 0.167. The molecule has 1 saturated carbocycles. The molecule has 2 amide bonds. The minimum atomic E-state index is -1.11. The van der Waals surface area contributed by atoms with Crippen molar-refractivity contribution in [3.05, 3.63) is 109 Å². The van der Waals surface area contributed by atoms with Crippen molar-refractivity contribution in [2.45, 2.75) is 75.5 Å². The highest BCUT2D eigenvalue weighted by atomic mass is 79.9. The zero-order valence-electron chi connectivity index (χ0n) is 30.8. The van der Waals surface area contributed by atoms with Crippen LogP contribution in [0.3, 0.4) is 0 Å². The zero-order chi connectivity index (χ0) is 38.3. The van der Waals surface area contributed by atoms with E-state index in [0.29, 0.717) is 22.6 Å². The molecule has 0 bridgehead atoms. The summed E-state index contributed by atoms with van der Waals surface area (Å²) in [5.41, 5.74) is 6.37. The minimum absolute atomic E-state index is 0.110. The van der Waals surface area contributed by atoms with E-state index in [4.69, 9.17) is 4.98 Å². The largest absolute Gasteiger partial charge is 0.303 e. The van der Waals surface area contributed by atoms with Crippen molar-refractivity contribution in [1.29, 1.82) is 0 Å². The monoisotopic (exact) mass is 813 g/mol. The van der Waals surface area contributed by atoms with Gasteiger partial charge in [0.1, 0.15) is 5.82 Å². The topological polar surface area (TPSA) is 149 Å². The fraction of sp³-hybridized carbons (Fsp3) is 0.395. The number of likely N-dealkylation sites (tertiary alicyclic amines) is 1. The number of nitrogens with zero attached hydrogens (tertiary/aromatic N) is 6. The summed E-state index contributed by atoms with van der Waals surface area (Å²) < 4.78 is 4.68. The molecule has 2 saturated heterocycles. The van der Waals surface area contributed by atoms with Crippen LogP contribution in [0, 0.1) is 11.8 Å². The Bertz CT molecular complexity index is 2560. The normalized spacial score (nSPS) is 22.1. The van der Waals surface area contributed by atoms with Gasteiger partial charge in [0, 0.05) is 35.0 Å². The molecule has 3 aliphatic heterocycles. The van der Waals surface area contributed by atoms with Gasteiger partial charge in [-0.05, 0) is 115 Å². The summed E-state index contributed by atoms with van der Waals surface area (Å²) in [5, 5.41) is 11.6. The Hall–Kier alpha value is -5.14. The third-order valence-corrected chi connectivity index (χ3v) is 13.8. The molecule has 284 valence electrons. The molecule has 2 aliphatic carbocycles. The molecular formula is C43H40BrN7O5. The lowest BCUT2D eigenvalue weighted by Crippen LogP contribution is -2.46. The molecule has 2 aromatic heterocycles. The number of halogens is 1. The molecule has 10 rings (SSSR count). The Morgan fingerprint density at radius 2 is 1.68 bits per heavy atom. The standard InChI is InChI=1S/C43H40BrN7O5/c44-32-5-4-6-33-37(32)41(56)46-42-43(16-2-1-3-17-43)31-11-7-25(21-34(31)51(33)42)24-13-18-49(19-14-24)20-15-26-23-50(48-47-26)27-8-9-28-30(22-27)39(54)36(38(28)53)29-10-12-35(52)45-40(29)55/h4-9,11,21-24,29,36H,1-3,10,12-20H2,(H,45,52,55). The highest BCUT2D eigenvalue weighted by Crippen LogP contribution is 2.52. The van der Waals surface area contributed by atoms with Crippen molar-refractivity contribution in [2.24, 2.45) is 11.8 Å². The van der Waals surface area contributed by atoms with Crippen LogP contribution >= 0.6 is 15.9 Å². The van der Waals surface area contributed by atoms with E-state index in [0.717, 1.165) is 86.1 Å². The zero-order valence-corrected chi connectivity index (χ0v) is 32.4. The summed E-state index contributed by atoms with van der Waals surface area (Å²) in [5.74, 6) is -2.33. The van der Waals surface area contributed by atoms with E-state index in [1.54, 1.807) is 22.9 Å². The number of piperidine rings is 2. The molecule has 2 unspecified atom stereocenters. The lowest BCUT2D eigenvalue weighted by molar-refractivity contribution is -0.137. The SMILES string of the molecule is O=C1CCC(C2C(=O)c3ccc(-n4cc(CCN5CCC(c6ccc7c(c6)-n6c(nc(=O)c8c(Br)cccc86)C76CCCCC6)CC5)nn4)cc3C2=O)C(=O)N1. The first kappa shape index (κ1) is 35.3. The average Bonchev–Trinajstić information content (AvgIpc) is 3.86. The number of hydrogen-bond acceptors (Lipinski definition) is 9. The van der Waals surface area contributed by atoms with Gasteiger partial charge in [-0.15, -0.1) is 5.10 Å². The molecule has 1 N–H and O–H groups in total. The van der Waals surface area contributed by atoms with E-state index < -0.39 is 23.5 Å². The summed E-state index contributed by atoms with van der Waals surface area (Å²) in [7, 11) is 0. The molecular weight excluding hydrogens is 774 g/mol. The van der Waals surface area contributed by atoms with Gasteiger partial charge in [0.05, 0.1) is 51.4 Å². The van der Waals surface area contributed by atoms with Crippen LogP contribution in [0.4, 0.5) is 0 Å². The number of aromatic nitrogens is 5. The van der Waals surface area contributed by atoms with E-state index in [1.165, 1.54) is 23.2 Å². The van der Waals surface area contributed by atoms with Crippen molar-refractivity contribution < 1.29 is 19.2 Å². The fourth-order valence-corrected chi connectivity index (χ4v) is 10.7. The summed E-state index contributed by atoms with van der Waals surface area (Å²) in [6.45, 7) is 2.78. The maximum Gasteiger partial charge on any atom is 0.281 e. The molecule has 3 fully saturated rings. The van der Waals surface area contributed by atoms with Crippen molar-refractivity contribution >= 4 is 50.2 Å². The summed E-state index contributed by atoms with van der Waals surface area (Å²) in [6.07, 6.45) is 10.5. The highest BCUT2D eigenvalue weighted by molar-refractivity contribution is 9.10. The van der Waals surface area contributed by atoms with Crippen LogP contribution in [0.2, 0.25) is 0 Å². The number of fused-ring (bicyclic) bond motifs is 8. The fourth-order valence-electron chi connectivity index (χ4n) is 10.2. The predicted molar refractivity (Wildman–Crippen MR) is 210 cm³/mol. The minimum Gasteiger partial charge on any atom is -0.303 e. The Morgan fingerprint density at radius 3 is 2.48 bits per heavy atom. The number of carbonyl (C=O) groups is 4. The Balaban J connectivity index is 0.817. The summed E-state index contributed by atoms with van der Waals surface area (Å²) in [4.78, 5) is 71.4. The van der Waals surface area contributed by atoms with E-state index in [-0.39, 0.29) is 41.1 Å². The number of rotatable bonds is 6. The number of benzene rings is 3. The Kier molecular flexibility index (Phi) is 8.51. The van der Waals surface area contributed by atoms with Gasteiger partial charge in [-0.2, -0.15) is 4.98 Å². The van der Waals surface area contributed by atoms with E-state index in [2.05, 4.69) is 65.3 Å². The molecule has 12 nitrogen and oxygen atoms in total. The second-order valence-corrected chi connectivity index (χ2v) is 17.0. The number of amides is 2. The van der Waals surface area contributed by atoms with Gasteiger partial charge in [0.25, 0.3) is 5.56 Å². The number of ketones is 2. The molecule has 13 heteroatoms. The van der Waals surface area contributed by atoms with E-state index >= 15 is 0 Å². The first-order chi connectivity index (χ1) is 27.2. The van der Waals surface area contributed by atoms with Crippen LogP contribution in [0.5, 0.6) is 0 Å². The van der Waals surface area contributed by atoms with Crippen molar-refractivity contribution in [3.63, 3.8) is 0 Å². The van der Waals surface area contributed by atoms with Crippen LogP contribution in [-0.2, 0) is 21.4 Å². The lowest BCUT2D eigenvalue weighted by atomic mass is 9.69. The number of Topliss-reactive ketones (excluding diaryl/α,β-unsaturated/α-hetero) is 2. The van der Waals surface area contributed by atoms with Crippen LogP contribution < -0.4 is 10.9 Å². The van der Waals surface area contributed by atoms with E-state index in [1.807, 2.05) is 18.3 Å². The molecule has 1 spiro atoms. The van der Waals surface area contributed by atoms with Gasteiger partial charge in [0.2, 0.25) is 11.8 Å². The number of imide groups is 1. The summed E-state index contributed by atoms with van der Waals surface area (Å²) >= 11 is 3.63. The molecule has 2 atom stereocenters. The number of carbonyl (C=O) groups excluding carboxylic acids is 4. The van der Waals surface area contributed by atoms with Gasteiger partial charge in [-0.3, -0.25) is 33.9 Å². The predicted octanol–water partition coefficient (Wildman–Crippen LogP) is 5.76. The van der Waals surface area contributed by atoms with Gasteiger partial charge in [-0.1, -0.05) is 42.7 Å². The van der Waals surface area contributed by atoms with Crippen LogP contribution in [-0.4, -0.2) is 72.5 Å². The van der Waals surface area contributed by atoms with Gasteiger partial charge in [-0.25, -0.2) is 4.68 Å². The molecule has 3 aromatic carbocycles. The van der Waals surface area contributed by atoms with Crippen molar-refractivity contribution in [1.82, 2.24) is 34.8 Å². The Labute approximate surface area is 330 Å². The number of hydrogen-bond donors (Lipinski definition) is 1. The molecule has 56 heavy (non-hydrogen) atoms. The molecule has 5 aliphatic rings. The number of nitrogens with one attached hydrogen (secondary N) is 1. The first-order valence-corrected chi connectivity index (χ1v) is 20.6. The van der Waals surface area contributed by atoms with Crippen LogP contribution in [0.25, 0.3) is 22.3 Å². The second kappa shape index (κ2) is 13.5. The van der Waals surface area contributed by atoms with E-state index in [9.17, 15) is 24.0 Å². The second-order valence-electron chi connectivity index (χ2n) is 16.1. The van der Waals surface area contributed by atoms with Gasteiger partial charge < -0.3 is 4.90 Å². The maximum absolute atomic E-state index is 13.4. The average molecular weight is 815 g/mol. The first-order valence-electron chi connectivity index (χ1n) is 19.8. The van der Waals surface area contributed by atoms with Crippen molar-refractivity contribution in [3.8, 4) is 11.4 Å². The highest BCUT2D eigenvalue weighted by Gasteiger charge is 2.48. The van der Waals surface area contributed by atoms with Gasteiger partial charge >= 0.3 is 0 Å². The van der Waals surface area contributed by atoms with Gasteiger partial charge in [0.15, 0.2) is 11.6 Å². The molecule has 5 heterocycles. The third-order valence-electron chi connectivity index (χ3n) is 13.1.